The van der Waals surface area contributed by atoms with E-state index in [9.17, 15) is 8.42 Å². The normalized spacial score (nSPS) is 20.4. The topological polar surface area (TPSA) is 49.4 Å². The Labute approximate surface area is 85.9 Å². The molecule has 82 valence electrons. The van der Waals surface area contributed by atoms with Gasteiger partial charge in [-0.3, -0.25) is 4.90 Å². The summed E-state index contributed by atoms with van der Waals surface area (Å²) in [5.74, 6) is 0.186. The smallest absolute Gasteiger partial charge is 0.171 e. The molecule has 0 bridgehead atoms. The van der Waals surface area contributed by atoms with Crippen molar-refractivity contribution < 1.29 is 8.42 Å². The van der Waals surface area contributed by atoms with Gasteiger partial charge in [0.05, 0.1) is 5.75 Å². The first-order valence-corrected chi connectivity index (χ1v) is 6.68. The summed E-state index contributed by atoms with van der Waals surface area (Å²) >= 11 is 0. The van der Waals surface area contributed by atoms with Gasteiger partial charge >= 0.3 is 0 Å². The lowest BCUT2D eigenvalue weighted by Gasteiger charge is -2.25. The lowest BCUT2D eigenvalue weighted by atomic mass is 10.3. The molecular formula is C9H18N2O2S. The van der Waals surface area contributed by atoms with Crippen molar-refractivity contribution in [3.63, 3.8) is 0 Å². The second-order valence-electron chi connectivity index (χ2n) is 3.37. The Hall–Kier alpha value is -0.390. The van der Waals surface area contributed by atoms with Crippen molar-refractivity contribution in [2.75, 3.05) is 38.5 Å². The maximum atomic E-state index is 11.1. The zero-order valence-electron chi connectivity index (χ0n) is 8.57. The third kappa shape index (κ3) is 4.21. The lowest BCUT2D eigenvalue weighted by molar-refractivity contribution is 0.265. The predicted octanol–water partition coefficient (Wildman–Crippen LogP) is -0.160. The van der Waals surface area contributed by atoms with Gasteiger partial charge in [0.1, 0.15) is 0 Å². The summed E-state index contributed by atoms with van der Waals surface area (Å²) in [5, 5.41) is 4.58. The van der Waals surface area contributed by atoms with Crippen LogP contribution in [0.25, 0.3) is 0 Å². The standard InChI is InChI=1S/C9H18N2O2S/c1-2-14(12,13)9-3-6-11-7-4-10-5-8-11/h3,9-10H,2,4-8H2,1H3. The van der Waals surface area contributed by atoms with Crippen molar-refractivity contribution in [2.24, 2.45) is 0 Å². The minimum atomic E-state index is -2.94. The fourth-order valence-electron chi connectivity index (χ4n) is 1.33. The van der Waals surface area contributed by atoms with E-state index in [1.807, 2.05) is 0 Å². The van der Waals surface area contributed by atoms with Gasteiger partial charge in [-0.15, -0.1) is 0 Å². The van der Waals surface area contributed by atoms with Gasteiger partial charge in [-0.25, -0.2) is 8.42 Å². The van der Waals surface area contributed by atoms with Crippen LogP contribution in [-0.2, 0) is 9.84 Å². The predicted molar refractivity (Wildman–Crippen MR) is 57.9 cm³/mol. The Morgan fingerprint density at radius 1 is 1.36 bits per heavy atom. The molecule has 1 heterocycles. The van der Waals surface area contributed by atoms with Crippen molar-refractivity contribution in [3.05, 3.63) is 11.5 Å². The Morgan fingerprint density at radius 3 is 2.57 bits per heavy atom. The number of nitrogens with one attached hydrogen (secondary N) is 1. The summed E-state index contributed by atoms with van der Waals surface area (Å²) in [6, 6.07) is 0. The lowest BCUT2D eigenvalue weighted by Crippen LogP contribution is -2.43. The average molecular weight is 218 g/mol. The number of piperazine rings is 1. The first-order valence-electron chi connectivity index (χ1n) is 4.96. The highest BCUT2D eigenvalue weighted by atomic mass is 32.2. The number of rotatable bonds is 4. The van der Waals surface area contributed by atoms with Crippen LogP contribution < -0.4 is 5.32 Å². The molecule has 0 aromatic carbocycles. The molecule has 0 amide bonds. The molecule has 0 unspecified atom stereocenters. The molecule has 14 heavy (non-hydrogen) atoms. The SMILES string of the molecule is CCS(=O)(=O)C=CCN1CCNCC1. The fourth-order valence-corrected chi connectivity index (χ4v) is 1.90. The molecule has 0 aromatic heterocycles. The van der Waals surface area contributed by atoms with Crippen LogP contribution in [0.2, 0.25) is 0 Å². The maximum absolute atomic E-state index is 11.1. The molecule has 1 N–H and O–H groups in total. The van der Waals surface area contributed by atoms with Gasteiger partial charge in [0.25, 0.3) is 0 Å². The third-order valence-electron chi connectivity index (χ3n) is 2.28. The monoisotopic (exact) mass is 218 g/mol. The maximum Gasteiger partial charge on any atom is 0.171 e. The molecular weight excluding hydrogens is 200 g/mol. The van der Waals surface area contributed by atoms with Gasteiger partial charge in [-0.05, 0) is 0 Å². The number of sulfone groups is 1. The molecule has 1 saturated heterocycles. The molecule has 5 heteroatoms. The zero-order chi connectivity index (χ0) is 10.4. The van der Waals surface area contributed by atoms with E-state index in [-0.39, 0.29) is 5.75 Å². The Kier molecular flexibility index (Phi) is 4.57. The summed E-state index contributed by atoms with van der Waals surface area (Å²) in [4.78, 5) is 2.23. The summed E-state index contributed by atoms with van der Waals surface area (Å²) in [6.45, 7) is 6.38. The minimum Gasteiger partial charge on any atom is -0.314 e. The van der Waals surface area contributed by atoms with Crippen molar-refractivity contribution >= 4 is 9.84 Å². The van der Waals surface area contributed by atoms with E-state index in [0.29, 0.717) is 0 Å². The van der Waals surface area contributed by atoms with Gasteiger partial charge in [-0.2, -0.15) is 0 Å². The summed E-state index contributed by atoms with van der Waals surface area (Å²) < 4.78 is 22.2. The van der Waals surface area contributed by atoms with Crippen molar-refractivity contribution in [1.82, 2.24) is 10.2 Å². The first-order chi connectivity index (χ1) is 6.64. The van der Waals surface area contributed by atoms with Crippen molar-refractivity contribution in [1.29, 1.82) is 0 Å². The van der Waals surface area contributed by atoms with Crippen molar-refractivity contribution in [2.45, 2.75) is 6.92 Å². The van der Waals surface area contributed by atoms with E-state index in [2.05, 4.69) is 10.2 Å². The van der Waals surface area contributed by atoms with Gasteiger partial charge in [0, 0.05) is 38.1 Å². The van der Waals surface area contributed by atoms with Crippen LogP contribution in [0.5, 0.6) is 0 Å². The van der Waals surface area contributed by atoms with Gasteiger partial charge in [-0.1, -0.05) is 13.0 Å². The van der Waals surface area contributed by atoms with Crippen LogP contribution in [0.4, 0.5) is 0 Å². The van der Waals surface area contributed by atoms with Crippen LogP contribution in [0.15, 0.2) is 11.5 Å². The molecule has 4 nitrogen and oxygen atoms in total. The Balaban J connectivity index is 2.32. The van der Waals surface area contributed by atoms with Crippen molar-refractivity contribution in [3.8, 4) is 0 Å². The zero-order valence-corrected chi connectivity index (χ0v) is 9.39. The van der Waals surface area contributed by atoms with Crippen LogP contribution in [0.3, 0.4) is 0 Å². The average Bonchev–Trinajstić information content (AvgIpc) is 2.19. The summed E-state index contributed by atoms with van der Waals surface area (Å²) in [5.41, 5.74) is 0. The molecule has 0 aromatic rings. The van der Waals surface area contributed by atoms with Crippen LogP contribution in [0, 0.1) is 0 Å². The van der Waals surface area contributed by atoms with E-state index in [1.165, 1.54) is 5.41 Å². The van der Waals surface area contributed by atoms with E-state index in [1.54, 1.807) is 13.0 Å². The largest absolute Gasteiger partial charge is 0.314 e. The summed E-state index contributed by atoms with van der Waals surface area (Å²) in [7, 11) is -2.94. The second kappa shape index (κ2) is 5.48. The first kappa shape index (κ1) is 11.7. The highest BCUT2D eigenvalue weighted by Crippen LogP contribution is 1.95. The minimum absolute atomic E-state index is 0.186. The molecule has 1 aliphatic heterocycles. The quantitative estimate of drug-likeness (QED) is 0.712. The fraction of sp³-hybridized carbons (Fsp3) is 0.778. The Morgan fingerprint density at radius 2 is 2.00 bits per heavy atom. The van der Waals surface area contributed by atoms with Crippen LogP contribution in [-0.4, -0.2) is 51.8 Å². The van der Waals surface area contributed by atoms with E-state index < -0.39 is 9.84 Å². The summed E-state index contributed by atoms with van der Waals surface area (Å²) in [6.07, 6.45) is 1.74. The van der Waals surface area contributed by atoms with E-state index in [4.69, 9.17) is 0 Å². The Bertz CT molecular complexity index is 279. The molecule has 1 aliphatic rings. The van der Waals surface area contributed by atoms with Gasteiger partial charge in [0.2, 0.25) is 0 Å². The number of hydrogen-bond donors (Lipinski definition) is 1. The molecule has 0 saturated carbocycles. The van der Waals surface area contributed by atoms with Crippen LogP contribution >= 0.6 is 0 Å². The number of hydrogen-bond acceptors (Lipinski definition) is 4. The van der Waals surface area contributed by atoms with Gasteiger partial charge in [0.15, 0.2) is 9.84 Å². The molecule has 1 rings (SSSR count). The molecule has 0 spiro atoms. The molecule has 0 radical (unpaired) electrons. The van der Waals surface area contributed by atoms with Gasteiger partial charge < -0.3 is 5.32 Å². The number of nitrogens with zero attached hydrogens (tertiary/aromatic N) is 1. The highest BCUT2D eigenvalue weighted by molar-refractivity contribution is 7.94. The van der Waals surface area contributed by atoms with Crippen LogP contribution in [0.1, 0.15) is 6.92 Å². The molecule has 0 atom stereocenters. The second-order valence-corrected chi connectivity index (χ2v) is 5.55. The third-order valence-corrected chi connectivity index (χ3v) is 3.69. The molecule has 0 aliphatic carbocycles. The van der Waals surface area contributed by atoms with E-state index in [0.717, 1.165) is 32.7 Å². The molecule has 1 fully saturated rings. The van der Waals surface area contributed by atoms with E-state index >= 15 is 0 Å². The highest BCUT2D eigenvalue weighted by Gasteiger charge is 2.07.